The summed E-state index contributed by atoms with van der Waals surface area (Å²) >= 11 is 0. The van der Waals surface area contributed by atoms with Crippen LogP contribution in [0.2, 0.25) is 0 Å². The Morgan fingerprint density at radius 3 is 0.517 bits per heavy atom. The first-order valence-electron chi connectivity index (χ1n) is 5.78. The minimum absolute atomic E-state index is 8.39. The van der Waals surface area contributed by atoms with Crippen LogP contribution in [-0.4, -0.2) is 53.8 Å². The van der Waals surface area contributed by atoms with E-state index in [4.69, 9.17) is 0 Å². The standard InChI is InChI=1S/C9F20/c10-1(3(12,13)7(21,22)23,4(14,15)8(24,25)26)2(11,6(18,19)20)5(16,17)9(27,28)29. The summed E-state index contributed by atoms with van der Waals surface area (Å²) in [4.78, 5) is 0. The normalized spacial score (nSPS) is 18.6. The van der Waals surface area contributed by atoms with Crippen LogP contribution < -0.4 is 0 Å². The summed E-state index contributed by atoms with van der Waals surface area (Å²) in [6, 6.07) is 0. The number of alkyl halides is 20. The van der Waals surface area contributed by atoms with Crippen LogP contribution >= 0.6 is 0 Å². The second-order valence-electron chi connectivity index (χ2n) is 5.03. The van der Waals surface area contributed by atoms with Crippen molar-refractivity contribution in [3.05, 3.63) is 0 Å². The Morgan fingerprint density at radius 2 is 0.379 bits per heavy atom. The molecule has 0 aromatic heterocycles. The van der Waals surface area contributed by atoms with Crippen molar-refractivity contribution in [2.75, 3.05) is 0 Å². The van der Waals surface area contributed by atoms with Crippen LogP contribution in [0.5, 0.6) is 0 Å². The smallest absolute Gasteiger partial charge is 0.225 e. The third-order valence-electron chi connectivity index (χ3n) is 3.23. The first kappa shape index (κ1) is 27.6. The van der Waals surface area contributed by atoms with Crippen molar-refractivity contribution in [2.24, 2.45) is 0 Å². The molecule has 0 fully saturated rings. The Hall–Kier alpha value is -1.40. The van der Waals surface area contributed by atoms with Crippen LogP contribution in [0, 0.1) is 0 Å². The summed E-state index contributed by atoms with van der Waals surface area (Å²) < 4.78 is 252. The summed E-state index contributed by atoms with van der Waals surface area (Å²) in [5.74, 6) is -27.2. The monoisotopic (exact) mass is 488 g/mol. The minimum Gasteiger partial charge on any atom is -0.225 e. The van der Waals surface area contributed by atoms with E-state index < -0.39 is 53.8 Å². The van der Waals surface area contributed by atoms with Crippen molar-refractivity contribution < 1.29 is 87.8 Å². The van der Waals surface area contributed by atoms with Gasteiger partial charge >= 0.3 is 53.8 Å². The van der Waals surface area contributed by atoms with Crippen molar-refractivity contribution in [2.45, 2.75) is 53.8 Å². The molecule has 0 aromatic rings. The Balaban J connectivity index is 7.95. The van der Waals surface area contributed by atoms with Gasteiger partial charge in [0, 0.05) is 0 Å². The Kier molecular flexibility index (Phi) is 6.00. The van der Waals surface area contributed by atoms with Crippen molar-refractivity contribution in [1.29, 1.82) is 0 Å². The fourth-order valence-electron chi connectivity index (χ4n) is 1.81. The van der Waals surface area contributed by atoms with Gasteiger partial charge in [0.25, 0.3) is 0 Å². The zero-order valence-electron chi connectivity index (χ0n) is 12.1. The van der Waals surface area contributed by atoms with E-state index in [0.717, 1.165) is 0 Å². The first-order chi connectivity index (χ1) is 12.0. The second kappa shape index (κ2) is 6.30. The number of halogens is 20. The molecule has 29 heavy (non-hydrogen) atoms. The fraction of sp³-hybridized carbons (Fsp3) is 1.00. The molecule has 0 aliphatic carbocycles. The van der Waals surface area contributed by atoms with Crippen LogP contribution in [0.3, 0.4) is 0 Å². The van der Waals surface area contributed by atoms with Gasteiger partial charge in [0.2, 0.25) is 0 Å². The molecule has 20 heteroatoms. The van der Waals surface area contributed by atoms with Crippen LogP contribution in [0.25, 0.3) is 0 Å². The van der Waals surface area contributed by atoms with Crippen molar-refractivity contribution in [3.63, 3.8) is 0 Å². The van der Waals surface area contributed by atoms with Gasteiger partial charge in [0.1, 0.15) is 0 Å². The molecule has 0 nitrogen and oxygen atoms in total. The number of hydrogen-bond acceptors (Lipinski definition) is 0. The lowest BCUT2D eigenvalue weighted by Crippen LogP contribution is -2.84. The highest BCUT2D eigenvalue weighted by Crippen LogP contribution is 2.69. The predicted molar refractivity (Wildman–Crippen MR) is 46.7 cm³/mol. The molecule has 1 unspecified atom stereocenters. The van der Waals surface area contributed by atoms with Crippen LogP contribution in [0.1, 0.15) is 0 Å². The van der Waals surface area contributed by atoms with Gasteiger partial charge in [-0.15, -0.1) is 0 Å². The van der Waals surface area contributed by atoms with Gasteiger partial charge in [-0.1, -0.05) is 0 Å². The molecular formula is C9F20. The van der Waals surface area contributed by atoms with Crippen LogP contribution in [0.4, 0.5) is 87.8 Å². The molecular weight excluding hydrogens is 488 g/mol. The summed E-state index contributed by atoms with van der Waals surface area (Å²) in [6.45, 7) is 0. The van der Waals surface area contributed by atoms with Crippen molar-refractivity contribution >= 4 is 0 Å². The molecule has 0 N–H and O–H groups in total. The molecule has 0 aromatic carbocycles. The topological polar surface area (TPSA) is 0 Å². The third kappa shape index (κ3) is 3.23. The van der Waals surface area contributed by atoms with E-state index in [1.54, 1.807) is 0 Å². The highest BCUT2D eigenvalue weighted by Gasteiger charge is 3.03. The van der Waals surface area contributed by atoms with Crippen LogP contribution in [0.15, 0.2) is 0 Å². The average Bonchev–Trinajstić information content (AvgIpc) is 2.39. The lowest BCUT2D eigenvalue weighted by atomic mass is 9.71. The van der Waals surface area contributed by atoms with E-state index in [1.807, 2.05) is 0 Å². The highest BCUT2D eigenvalue weighted by atomic mass is 19.4. The Bertz CT molecular complexity index is 569. The van der Waals surface area contributed by atoms with E-state index in [2.05, 4.69) is 0 Å². The summed E-state index contributed by atoms with van der Waals surface area (Å²) in [5, 5.41) is 0. The van der Waals surface area contributed by atoms with E-state index in [0.29, 0.717) is 0 Å². The molecule has 0 spiro atoms. The molecule has 0 bridgehead atoms. The van der Waals surface area contributed by atoms with Gasteiger partial charge in [-0.3, -0.25) is 0 Å². The lowest BCUT2D eigenvalue weighted by Gasteiger charge is -2.49. The Labute approximate surface area is 143 Å². The highest BCUT2D eigenvalue weighted by molar-refractivity contribution is 5.27. The molecule has 0 radical (unpaired) electrons. The summed E-state index contributed by atoms with van der Waals surface area (Å²) in [5.41, 5.74) is -19.1. The Morgan fingerprint density at radius 1 is 0.207 bits per heavy atom. The second-order valence-corrected chi connectivity index (χ2v) is 5.03. The molecule has 0 aliphatic heterocycles. The molecule has 0 saturated heterocycles. The summed E-state index contributed by atoms with van der Waals surface area (Å²) in [6.07, 6.45) is -34.1. The average molecular weight is 488 g/mol. The zero-order chi connectivity index (χ0) is 24.5. The molecule has 1 atom stereocenters. The fourth-order valence-corrected chi connectivity index (χ4v) is 1.81. The van der Waals surface area contributed by atoms with E-state index >= 15 is 0 Å². The van der Waals surface area contributed by atoms with Crippen molar-refractivity contribution in [1.82, 2.24) is 0 Å². The minimum atomic E-state index is -9.64. The lowest BCUT2D eigenvalue weighted by molar-refractivity contribution is -0.489. The quantitative estimate of drug-likeness (QED) is 0.394. The SMILES string of the molecule is FC(F)(F)C(F)(F)C(F)(C(F)(F)F)C(F)(C(F)(F)C(F)(F)F)C(F)(F)C(F)(F)F. The molecule has 0 amide bonds. The first-order valence-corrected chi connectivity index (χ1v) is 5.78. The predicted octanol–water partition coefficient (Wildman–Crippen LogP) is 6.56. The maximum absolute atomic E-state index is 13.9. The molecule has 0 rings (SSSR count). The van der Waals surface area contributed by atoms with E-state index in [-0.39, 0.29) is 0 Å². The maximum Gasteiger partial charge on any atom is 0.457 e. The van der Waals surface area contributed by atoms with Gasteiger partial charge in [0.05, 0.1) is 0 Å². The molecule has 0 heterocycles. The van der Waals surface area contributed by atoms with Crippen LogP contribution in [-0.2, 0) is 0 Å². The molecule has 0 saturated carbocycles. The van der Waals surface area contributed by atoms with Gasteiger partial charge in [0.15, 0.2) is 0 Å². The summed E-state index contributed by atoms with van der Waals surface area (Å²) in [7, 11) is 0. The van der Waals surface area contributed by atoms with Gasteiger partial charge in [-0.2, -0.15) is 79.0 Å². The third-order valence-corrected chi connectivity index (χ3v) is 3.23. The van der Waals surface area contributed by atoms with Gasteiger partial charge < -0.3 is 0 Å². The maximum atomic E-state index is 13.9. The van der Waals surface area contributed by atoms with E-state index in [1.165, 1.54) is 0 Å². The van der Waals surface area contributed by atoms with E-state index in [9.17, 15) is 87.8 Å². The number of hydrogen-bond donors (Lipinski definition) is 0. The largest absolute Gasteiger partial charge is 0.457 e. The van der Waals surface area contributed by atoms with Gasteiger partial charge in [-0.05, 0) is 0 Å². The van der Waals surface area contributed by atoms with Gasteiger partial charge in [-0.25, -0.2) is 8.78 Å². The molecule has 176 valence electrons. The van der Waals surface area contributed by atoms with Crippen molar-refractivity contribution in [3.8, 4) is 0 Å². The molecule has 0 aliphatic rings. The zero-order valence-corrected chi connectivity index (χ0v) is 12.1. The number of rotatable bonds is 4.